The van der Waals surface area contributed by atoms with Crippen LogP contribution in [0.2, 0.25) is 0 Å². The van der Waals surface area contributed by atoms with Crippen molar-refractivity contribution in [2.45, 2.75) is 37.1 Å². The van der Waals surface area contributed by atoms with Crippen molar-refractivity contribution in [2.24, 2.45) is 5.14 Å². The number of primary sulfonamides is 1. The number of carbonyl (C=O) groups excluding carboxylic acids is 1. The van der Waals surface area contributed by atoms with Crippen molar-refractivity contribution in [3.63, 3.8) is 0 Å². The highest BCUT2D eigenvalue weighted by atomic mass is 32.2. The summed E-state index contributed by atoms with van der Waals surface area (Å²) in [6.45, 7) is 0.674. The number of hydrogen-bond acceptors (Lipinski definition) is 6. The lowest BCUT2D eigenvalue weighted by atomic mass is 10.1. The number of thiophene rings is 1. The first-order valence-corrected chi connectivity index (χ1v) is 11.8. The molecule has 3 aromatic rings. The number of nitrogens with zero attached hydrogens (tertiary/aromatic N) is 1. The smallest absolute Gasteiger partial charge is 0.328 e. The van der Waals surface area contributed by atoms with E-state index in [1.165, 1.54) is 28.0 Å². The highest BCUT2D eigenvalue weighted by molar-refractivity contribution is 7.89. The molecule has 0 unspecified atom stereocenters. The van der Waals surface area contributed by atoms with Crippen LogP contribution in [0.25, 0.3) is 10.2 Å². The Labute approximate surface area is 176 Å². The van der Waals surface area contributed by atoms with Crippen molar-refractivity contribution in [3.05, 3.63) is 62.1 Å². The van der Waals surface area contributed by atoms with Crippen LogP contribution in [0, 0.1) is 0 Å². The predicted octanol–water partition coefficient (Wildman–Crippen LogP) is 0.928. The van der Waals surface area contributed by atoms with Gasteiger partial charge in [0.1, 0.15) is 4.70 Å². The Balaban J connectivity index is 1.40. The molecule has 0 spiro atoms. The van der Waals surface area contributed by atoms with Crippen molar-refractivity contribution < 1.29 is 13.2 Å². The third-order valence-corrected chi connectivity index (χ3v) is 6.45. The average Bonchev–Trinajstić information content (AvgIpc) is 3.15. The molecule has 11 heteroatoms. The van der Waals surface area contributed by atoms with Gasteiger partial charge in [-0.1, -0.05) is 12.1 Å². The molecule has 0 saturated heterocycles. The SMILES string of the molecule is NS(=O)(=O)c1ccc(CCNC(=O)CCCCn2c(=O)[nH]c3ccsc3c2=O)cc1. The summed E-state index contributed by atoms with van der Waals surface area (Å²) in [5.74, 6) is -0.119. The monoisotopic (exact) mass is 450 g/mol. The van der Waals surface area contributed by atoms with Crippen LogP contribution in [-0.4, -0.2) is 30.4 Å². The van der Waals surface area contributed by atoms with Crippen LogP contribution in [0.15, 0.2) is 50.2 Å². The summed E-state index contributed by atoms with van der Waals surface area (Å²) in [5, 5.41) is 9.61. The molecule has 30 heavy (non-hydrogen) atoms. The van der Waals surface area contributed by atoms with Gasteiger partial charge in [-0.2, -0.15) is 0 Å². The highest BCUT2D eigenvalue weighted by Crippen LogP contribution is 2.12. The lowest BCUT2D eigenvalue weighted by Crippen LogP contribution is -2.34. The van der Waals surface area contributed by atoms with Crippen LogP contribution in [0.3, 0.4) is 0 Å². The van der Waals surface area contributed by atoms with Crippen LogP contribution in [0.5, 0.6) is 0 Å². The molecule has 4 N–H and O–H groups in total. The number of nitrogens with two attached hydrogens (primary N) is 1. The molecule has 160 valence electrons. The maximum atomic E-state index is 12.3. The molecule has 0 aliphatic rings. The van der Waals surface area contributed by atoms with Gasteiger partial charge >= 0.3 is 5.69 Å². The van der Waals surface area contributed by atoms with Gasteiger partial charge < -0.3 is 10.3 Å². The fourth-order valence-electron chi connectivity index (χ4n) is 3.01. The predicted molar refractivity (Wildman–Crippen MR) is 115 cm³/mol. The minimum absolute atomic E-state index is 0.0476. The summed E-state index contributed by atoms with van der Waals surface area (Å²) >= 11 is 1.29. The summed E-state index contributed by atoms with van der Waals surface area (Å²) in [5.41, 5.74) is 0.681. The normalized spacial score (nSPS) is 11.6. The summed E-state index contributed by atoms with van der Waals surface area (Å²) in [7, 11) is -3.71. The van der Waals surface area contributed by atoms with Crippen LogP contribution in [0.4, 0.5) is 0 Å². The second-order valence-corrected chi connectivity index (χ2v) is 9.27. The van der Waals surface area contributed by atoms with E-state index in [0.29, 0.717) is 36.0 Å². The fraction of sp³-hybridized carbons (Fsp3) is 0.316. The van der Waals surface area contributed by atoms with Gasteiger partial charge in [0.25, 0.3) is 5.56 Å². The number of H-pyrrole nitrogens is 1. The van der Waals surface area contributed by atoms with Gasteiger partial charge in [0.15, 0.2) is 0 Å². The van der Waals surface area contributed by atoms with Crippen LogP contribution in [0.1, 0.15) is 24.8 Å². The Morgan fingerprint density at radius 3 is 2.57 bits per heavy atom. The van der Waals surface area contributed by atoms with Crippen molar-refractivity contribution >= 4 is 37.5 Å². The van der Waals surface area contributed by atoms with E-state index in [-0.39, 0.29) is 29.3 Å². The number of amides is 1. The van der Waals surface area contributed by atoms with Crippen molar-refractivity contribution in [1.82, 2.24) is 14.9 Å². The molecule has 0 radical (unpaired) electrons. The topological polar surface area (TPSA) is 144 Å². The Morgan fingerprint density at radius 1 is 1.13 bits per heavy atom. The number of aromatic nitrogens is 2. The number of sulfonamides is 1. The maximum Gasteiger partial charge on any atom is 0.328 e. The molecular weight excluding hydrogens is 428 g/mol. The Bertz CT molecular complexity index is 1260. The largest absolute Gasteiger partial charge is 0.356 e. The lowest BCUT2D eigenvalue weighted by Gasteiger charge is -2.07. The Kier molecular flexibility index (Phi) is 6.85. The van der Waals surface area contributed by atoms with E-state index in [2.05, 4.69) is 10.3 Å². The van der Waals surface area contributed by atoms with E-state index in [9.17, 15) is 22.8 Å². The minimum atomic E-state index is -3.71. The van der Waals surface area contributed by atoms with Crippen LogP contribution < -0.4 is 21.7 Å². The van der Waals surface area contributed by atoms with Gasteiger partial charge in [-0.15, -0.1) is 11.3 Å². The van der Waals surface area contributed by atoms with Crippen molar-refractivity contribution in [1.29, 1.82) is 0 Å². The number of benzene rings is 1. The van der Waals surface area contributed by atoms with Crippen molar-refractivity contribution in [2.75, 3.05) is 6.54 Å². The zero-order valence-electron chi connectivity index (χ0n) is 16.1. The number of rotatable bonds is 9. The molecule has 1 amide bonds. The van der Waals surface area contributed by atoms with E-state index >= 15 is 0 Å². The first-order chi connectivity index (χ1) is 14.3. The molecule has 0 saturated carbocycles. The van der Waals surface area contributed by atoms with Crippen LogP contribution >= 0.6 is 11.3 Å². The van der Waals surface area contributed by atoms with E-state index in [1.807, 2.05) is 0 Å². The molecule has 2 aromatic heterocycles. The second-order valence-electron chi connectivity index (χ2n) is 6.80. The minimum Gasteiger partial charge on any atom is -0.356 e. The summed E-state index contributed by atoms with van der Waals surface area (Å²) in [6, 6.07) is 7.89. The number of carbonyl (C=O) groups is 1. The number of unbranched alkanes of at least 4 members (excludes halogenated alkanes) is 1. The third kappa shape index (κ3) is 5.43. The number of aromatic amines is 1. The van der Waals surface area contributed by atoms with E-state index in [1.54, 1.807) is 23.6 Å². The summed E-state index contributed by atoms with van der Waals surface area (Å²) in [6.07, 6.45) is 1.92. The second kappa shape index (κ2) is 9.37. The van der Waals surface area contributed by atoms with Gasteiger partial charge in [-0.3, -0.25) is 14.2 Å². The molecule has 0 bridgehead atoms. The summed E-state index contributed by atoms with van der Waals surface area (Å²) in [4.78, 5) is 39.0. The lowest BCUT2D eigenvalue weighted by molar-refractivity contribution is -0.121. The number of hydrogen-bond donors (Lipinski definition) is 3. The number of nitrogens with one attached hydrogen (secondary N) is 2. The average molecular weight is 451 g/mol. The zero-order chi connectivity index (χ0) is 21.7. The molecule has 3 rings (SSSR count). The molecule has 0 aliphatic heterocycles. The Morgan fingerprint density at radius 2 is 1.87 bits per heavy atom. The Hall–Kier alpha value is -2.76. The maximum absolute atomic E-state index is 12.3. The molecule has 0 atom stereocenters. The molecule has 0 aliphatic carbocycles. The quantitative estimate of drug-likeness (QED) is 0.415. The summed E-state index contributed by atoms with van der Waals surface area (Å²) < 4.78 is 24.1. The number of fused-ring (bicyclic) bond motifs is 1. The molecular formula is C19H22N4O5S2. The first-order valence-electron chi connectivity index (χ1n) is 9.34. The third-order valence-electron chi connectivity index (χ3n) is 4.61. The van der Waals surface area contributed by atoms with Gasteiger partial charge in [-0.25, -0.2) is 18.4 Å². The first kappa shape index (κ1) is 21.9. The van der Waals surface area contributed by atoms with Gasteiger partial charge in [-0.05, 0) is 48.4 Å². The van der Waals surface area contributed by atoms with Gasteiger partial charge in [0, 0.05) is 19.5 Å². The molecule has 2 heterocycles. The molecule has 9 nitrogen and oxygen atoms in total. The molecule has 1 aromatic carbocycles. The standard InChI is InChI=1S/C19H22N4O5S2/c20-30(27,28)14-6-4-13(5-7-14)8-10-21-16(24)3-1-2-11-23-18(25)17-15(9-12-29-17)22-19(23)26/h4-7,9,12H,1-3,8,10-11H2,(H,21,24)(H,22,26)(H2,20,27,28). The molecule has 0 fully saturated rings. The highest BCUT2D eigenvalue weighted by Gasteiger charge is 2.09. The van der Waals surface area contributed by atoms with E-state index in [0.717, 1.165) is 5.56 Å². The van der Waals surface area contributed by atoms with Gasteiger partial charge in [0.2, 0.25) is 15.9 Å². The van der Waals surface area contributed by atoms with E-state index in [4.69, 9.17) is 5.14 Å². The zero-order valence-corrected chi connectivity index (χ0v) is 17.7. The van der Waals surface area contributed by atoms with Crippen LogP contribution in [-0.2, 0) is 27.8 Å². The van der Waals surface area contributed by atoms with E-state index < -0.39 is 15.7 Å². The van der Waals surface area contributed by atoms with Gasteiger partial charge in [0.05, 0.1) is 10.4 Å². The van der Waals surface area contributed by atoms with Crippen molar-refractivity contribution in [3.8, 4) is 0 Å². The fourth-order valence-corrected chi connectivity index (χ4v) is 4.32.